The fourth-order valence-corrected chi connectivity index (χ4v) is 5.37. The minimum Gasteiger partial charge on any atom is -0.379 e. The molecule has 1 aliphatic carbocycles. The Kier molecular flexibility index (Phi) is 7.55. The van der Waals surface area contributed by atoms with Gasteiger partial charge < -0.3 is 20.3 Å². The van der Waals surface area contributed by atoms with Crippen LogP contribution in [0, 0.1) is 0 Å². The highest BCUT2D eigenvalue weighted by atomic mass is 35.5. The Hall–Kier alpha value is -3.27. The second kappa shape index (κ2) is 11.0. The highest BCUT2D eigenvalue weighted by Crippen LogP contribution is 2.29. The molecule has 0 bridgehead atoms. The monoisotopic (exact) mass is 524 g/mol. The van der Waals surface area contributed by atoms with Crippen LogP contribution < -0.4 is 10.6 Å². The van der Waals surface area contributed by atoms with Gasteiger partial charge in [-0.05, 0) is 47.4 Å². The van der Waals surface area contributed by atoms with Crippen molar-refractivity contribution in [2.24, 2.45) is 0 Å². The Bertz CT molecular complexity index is 1240. The SMILES string of the molecule is O=C1CCC(N2Cc3ccc(CNC(=O)Nc4cc(Cl)cc(CN5CCOCC5)c4)cc3C2=O)C(=O)C1. The number of hydrogen-bond donors (Lipinski definition) is 2. The molecule has 3 amide bonds. The van der Waals surface area contributed by atoms with E-state index >= 15 is 0 Å². The molecule has 2 fully saturated rings. The molecule has 2 heterocycles. The first-order valence-electron chi connectivity index (χ1n) is 12.5. The van der Waals surface area contributed by atoms with Crippen LogP contribution in [-0.2, 0) is 34.0 Å². The quantitative estimate of drug-likeness (QED) is 0.562. The predicted octanol–water partition coefficient (Wildman–Crippen LogP) is 3.14. The van der Waals surface area contributed by atoms with E-state index in [4.69, 9.17) is 16.3 Å². The summed E-state index contributed by atoms with van der Waals surface area (Å²) in [7, 11) is 0. The smallest absolute Gasteiger partial charge is 0.319 e. The standard InChI is InChI=1S/C27H29ClN4O5/c28-20-9-18(15-31-5-7-37-8-6-31)10-21(12-20)30-27(36)29-14-17-1-2-19-16-32(26(35)23(19)11-17)24-4-3-22(33)13-25(24)34/h1-2,9-12,24H,3-8,13-16H2,(H2,29,30,36). The van der Waals surface area contributed by atoms with E-state index < -0.39 is 6.04 Å². The van der Waals surface area contributed by atoms with Gasteiger partial charge in [0.25, 0.3) is 5.91 Å². The van der Waals surface area contributed by atoms with Gasteiger partial charge in [-0.2, -0.15) is 0 Å². The summed E-state index contributed by atoms with van der Waals surface area (Å²) in [5.41, 5.74) is 3.76. The molecular formula is C27H29ClN4O5. The van der Waals surface area contributed by atoms with Crippen LogP contribution in [0.4, 0.5) is 10.5 Å². The zero-order valence-electron chi connectivity index (χ0n) is 20.4. The van der Waals surface area contributed by atoms with E-state index in [0.717, 1.165) is 36.3 Å². The predicted molar refractivity (Wildman–Crippen MR) is 137 cm³/mol. The van der Waals surface area contributed by atoms with Crippen molar-refractivity contribution in [3.63, 3.8) is 0 Å². The number of urea groups is 1. The van der Waals surface area contributed by atoms with Gasteiger partial charge in [0.15, 0.2) is 5.78 Å². The lowest BCUT2D eigenvalue weighted by Gasteiger charge is -2.29. The van der Waals surface area contributed by atoms with E-state index in [1.807, 2.05) is 24.3 Å². The van der Waals surface area contributed by atoms with Gasteiger partial charge in [0, 0.05) is 55.4 Å². The minimum absolute atomic E-state index is 0.0665. The van der Waals surface area contributed by atoms with E-state index in [0.29, 0.717) is 48.9 Å². The molecule has 1 saturated carbocycles. The number of amides is 3. The third-order valence-corrected chi connectivity index (χ3v) is 7.22. The molecule has 3 aliphatic rings. The molecule has 194 valence electrons. The average Bonchev–Trinajstić information content (AvgIpc) is 3.18. The normalized spacial score (nSPS) is 20.2. The van der Waals surface area contributed by atoms with Gasteiger partial charge in [0.2, 0.25) is 0 Å². The molecule has 5 rings (SSSR count). The van der Waals surface area contributed by atoms with Gasteiger partial charge in [0.1, 0.15) is 5.78 Å². The molecule has 2 aromatic carbocycles. The summed E-state index contributed by atoms with van der Waals surface area (Å²) >= 11 is 6.29. The molecule has 0 aromatic heterocycles. The van der Waals surface area contributed by atoms with Crippen LogP contribution in [0.15, 0.2) is 36.4 Å². The van der Waals surface area contributed by atoms with E-state index in [2.05, 4.69) is 15.5 Å². The van der Waals surface area contributed by atoms with E-state index in [1.54, 1.807) is 17.0 Å². The Morgan fingerprint density at radius 2 is 1.86 bits per heavy atom. The summed E-state index contributed by atoms with van der Waals surface area (Å²) in [6.45, 7) is 4.43. The summed E-state index contributed by atoms with van der Waals surface area (Å²) in [4.78, 5) is 53.4. The first-order chi connectivity index (χ1) is 17.9. The molecule has 10 heteroatoms. The number of benzene rings is 2. The lowest BCUT2D eigenvalue weighted by Crippen LogP contribution is -2.44. The van der Waals surface area contributed by atoms with Crippen molar-refractivity contribution in [1.82, 2.24) is 15.1 Å². The number of morpholine rings is 1. The number of nitrogens with zero attached hydrogens (tertiary/aromatic N) is 2. The van der Waals surface area contributed by atoms with E-state index in [1.165, 1.54) is 0 Å². The Morgan fingerprint density at radius 3 is 2.65 bits per heavy atom. The van der Waals surface area contributed by atoms with Gasteiger partial charge in [-0.1, -0.05) is 23.7 Å². The third kappa shape index (κ3) is 6.01. The lowest BCUT2D eigenvalue weighted by atomic mass is 9.92. The first-order valence-corrected chi connectivity index (χ1v) is 12.8. The number of fused-ring (bicyclic) bond motifs is 1. The highest BCUT2D eigenvalue weighted by Gasteiger charge is 2.38. The molecule has 2 aromatic rings. The van der Waals surface area contributed by atoms with Crippen LogP contribution in [0.2, 0.25) is 5.02 Å². The van der Waals surface area contributed by atoms with Crippen LogP contribution in [0.3, 0.4) is 0 Å². The van der Waals surface area contributed by atoms with Crippen molar-refractivity contribution >= 4 is 40.8 Å². The molecule has 1 unspecified atom stereocenters. The molecule has 9 nitrogen and oxygen atoms in total. The van der Waals surface area contributed by atoms with Crippen LogP contribution in [-0.4, -0.2) is 65.6 Å². The largest absolute Gasteiger partial charge is 0.379 e. The van der Waals surface area contributed by atoms with Crippen molar-refractivity contribution in [1.29, 1.82) is 0 Å². The fourth-order valence-electron chi connectivity index (χ4n) is 5.11. The van der Waals surface area contributed by atoms with Gasteiger partial charge in [-0.25, -0.2) is 4.79 Å². The number of halogens is 1. The molecular weight excluding hydrogens is 496 g/mol. The van der Waals surface area contributed by atoms with Gasteiger partial charge in [0.05, 0.1) is 25.7 Å². The fraction of sp³-hybridized carbons (Fsp3) is 0.407. The van der Waals surface area contributed by atoms with Crippen LogP contribution in [0.1, 0.15) is 46.3 Å². The zero-order chi connectivity index (χ0) is 25.9. The van der Waals surface area contributed by atoms with Gasteiger partial charge >= 0.3 is 6.03 Å². The Labute approximate surface area is 220 Å². The summed E-state index contributed by atoms with van der Waals surface area (Å²) in [5.74, 6) is -0.464. The summed E-state index contributed by atoms with van der Waals surface area (Å²) in [6.07, 6.45) is 0.599. The van der Waals surface area contributed by atoms with E-state index in [-0.39, 0.29) is 36.5 Å². The molecule has 0 spiro atoms. The van der Waals surface area contributed by atoms with Crippen molar-refractivity contribution in [3.05, 3.63) is 63.7 Å². The number of anilines is 1. The lowest BCUT2D eigenvalue weighted by molar-refractivity contribution is -0.133. The number of ether oxygens (including phenoxy) is 1. The van der Waals surface area contributed by atoms with Crippen molar-refractivity contribution in [3.8, 4) is 0 Å². The summed E-state index contributed by atoms with van der Waals surface area (Å²) < 4.78 is 5.39. The maximum absolute atomic E-state index is 13.0. The summed E-state index contributed by atoms with van der Waals surface area (Å²) in [5, 5.41) is 6.20. The number of ketones is 2. The number of carbonyl (C=O) groups is 4. The maximum atomic E-state index is 13.0. The van der Waals surface area contributed by atoms with Crippen molar-refractivity contribution in [2.75, 3.05) is 31.6 Å². The first kappa shape index (κ1) is 25.4. The highest BCUT2D eigenvalue weighted by molar-refractivity contribution is 6.31. The number of nitrogens with one attached hydrogen (secondary N) is 2. The number of rotatable bonds is 6. The Morgan fingerprint density at radius 1 is 1.05 bits per heavy atom. The van der Waals surface area contributed by atoms with Crippen LogP contribution in [0.25, 0.3) is 0 Å². The summed E-state index contributed by atoms with van der Waals surface area (Å²) in [6, 6.07) is 10.1. The molecule has 2 N–H and O–H groups in total. The molecule has 1 atom stereocenters. The maximum Gasteiger partial charge on any atom is 0.319 e. The number of hydrogen-bond acceptors (Lipinski definition) is 6. The van der Waals surface area contributed by atoms with Crippen LogP contribution in [0.5, 0.6) is 0 Å². The molecule has 1 saturated heterocycles. The van der Waals surface area contributed by atoms with Crippen molar-refractivity contribution < 1.29 is 23.9 Å². The second-order valence-electron chi connectivity index (χ2n) is 9.71. The molecule has 2 aliphatic heterocycles. The molecule has 37 heavy (non-hydrogen) atoms. The van der Waals surface area contributed by atoms with E-state index in [9.17, 15) is 19.2 Å². The topological polar surface area (TPSA) is 108 Å². The minimum atomic E-state index is -0.546. The van der Waals surface area contributed by atoms with Crippen molar-refractivity contribution in [2.45, 2.75) is 44.9 Å². The Balaban J connectivity index is 1.17. The third-order valence-electron chi connectivity index (χ3n) is 7.00. The number of Topliss-reactive ketones (excluding diaryl/α,β-unsaturated/α-hetero) is 2. The van der Waals surface area contributed by atoms with Crippen LogP contribution >= 0.6 is 11.6 Å². The van der Waals surface area contributed by atoms with Gasteiger partial charge in [-0.3, -0.25) is 19.3 Å². The van der Waals surface area contributed by atoms with Gasteiger partial charge in [-0.15, -0.1) is 0 Å². The average molecular weight is 525 g/mol. The zero-order valence-corrected chi connectivity index (χ0v) is 21.2. The number of carbonyl (C=O) groups excluding carboxylic acids is 4. The molecule has 0 radical (unpaired) electrons. The second-order valence-corrected chi connectivity index (χ2v) is 10.1.